The van der Waals surface area contributed by atoms with Gasteiger partial charge in [-0.2, -0.15) is 0 Å². The topological polar surface area (TPSA) is 52.3 Å². The van der Waals surface area contributed by atoms with Crippen molar-refractivity contribution in [3.8, 4) is 0 Å². The summed E-state index contributed by atoms with van der Waals surface area (Å²) in [5.74, 6) is -0.298. The molecule has 2 N–H and O–H groups in total. The summed E-state index contributed by atoms with van der Waals surface area (Å²) in [7, 11) is 0. The van der Waals surface area contributed by atoms with E-state index >= 15 is 0 Å². The molecule has 0 heterocycles. The molecule has 3 heteroatoms. The van der Waals surface area contributed by atoms with Crippen molar-refractivity contribution in [1.29, 1.82) is 0 Å². The average Bonchev–Trinajstić information content (AvgIpc) is 2.12. The molecule has 0 aromatic carbocycles. The molecule has 0 bridgehead atoms. The molecule has 0 aliphatic carbocycles. The van der Waals surface area contributed by atoms with Crippen LogP contribution in [0.3, 0.4) is 0 Å². The number of ether oxygens (including phenoxy) is 1. The lowest BCUT2D eigenvalue weighted by atomic mass is 10.1. The van der Waals surface area contributed by atoms with Gasteiger partial charge in [-0.1, -0.05) is 26.2 Å². The van der Waals surface area contributed by atoms with Crippen LogP contribution in [0.5, 0.6) is 0 Å². The zero-order chi connectivity index (χ0) is 11.0. The van der Waals surface area contributed by atoms with Crippen molar-refractivity contribution >= 4 is 5.97 Å². The summed E-state index contributed by atoms with van der Waals surface area (Å²) in [6, 6.07) is -0.506. The van der Waals surface area contributed by atoms with E-state index in [0.717, 1.165) is 12.8 Å². The lowest BCUT2D eigenvalue weighted by molar-refractivity contribution is -0.149. The number of unbranched alkanes of at least 4 members (excludes halogenated alkanes) is 3. The molecule has 0 aromatic heterocycles. The summed E-state index contributed by atoms with van der Waals surface area (Å²) in [6.07, 6.45) is 5.78. The average molecular weight is 201 g/mol. The third kappa shape index (κ3) is 6.89. The second-order valence-corrected chi connectivity index (χ2v) is 3.89. The molecular weight excluding hydrogens is 178 g/mol. The van der Waals surface area contributed by atoms with Gasteiger partial charge in [-0.3, -0.25) is 4.79 Å². The van der Waals surface area contributed by atoms with Crippen molar-refractivity contribution in [2.45, 2.75) is 65.0 Å². The zero-order valence-corrected chi connectivity index (χ0v) is 9.58. The summed E-state index contributed by atoms with van der Waals surface area (Å²) < 4.78 is 5.13. The van der Waals surface area contributed by atoms with Crippen molar-refractivity contribution < 1.29 is 9.53 Å². The number of hydrogen-bond acceptors (Lipinski definition) is 3. The largest absolute Gasteiger partial charge is 0.462 e. The van der Waals surface area contributed by atoms with Gasteiger partial charge in [-0.05, 0) is 26.7 Å². The van der Waals surface area contributed by atoms with Crippen LogP contribution in [0, 0.1) is 0 Å². The van der Waals surface area contributed by atoms with Crippen LogP contribution in [0.2, 0.25) is 0 Å². The minimum Gasteiger partial charge on any atom is -0.462 e. The molecule has 0 aliphatic heterocycles. The molecule has 0 fully saturated rings. The van der Waals surface area contributed by atoms with E-state index < -0.39 is 6.04 Å². The van der Waals surface area contributed by atoms with E-state index in [9.17, 15) is 4.79 Å². The van der Waals surface area contributed by atoms with Crippen LogP contribution in [-0.2, 0) is 9.53 Å². The molecule has 0 amide bonds. The predicted octanol–water partition coefficient (Wildman–Crippen LogP) is 2.24. The molecule has 2 unspecified atom stereocenters. The quantitative estimate of drug-likeness (QED) is 0.507. The Morgan fingerprint density at radius 2 is 1.93 bits per heavy atom. The highest BCUT2D eigenvalue weighted by Gasteiger charge is 2.12. The first-order valence-corrected chi connectivity index (χ1v) is 5.54. The maximum Gasteiger partial charge on any atom is 0.322 e. The molecule has 84 valence electrons. The van der Waals surface area contributed by atoms with Crippen LogP contribution >= 0.6 is 0 Å². The van der Waals surface area contributed by atoms with Crippen molar-refractivity contribution in [2.24, 2.45) is 5.73 Å². The summed E-state index contributed by atoms with van der Waals surface area (Å²) in [4.78, 5) is 11.1. The molecule has 0 aliphatic rings. The van der Waals surface area contributed by atoms with Gasteiger partial charge in [-0.25, -0.2) is 0 Å². The van der Waals surface area contributed by atoms with Crippen LogP contribution in [0.1, 0.15) is 52.9 Å². The molecule has 0 radical (unpaired) electrons. The predicted molar refractivity (Wildman–Crippen MR) is 58.0 cm³/mol. The van der Waals surface area contributed by atoms with Crippen LogP contribution < -0.4 is 5.73 Å². The highest BCUT2D eigenvalue weighted by molar-refractivity contribution is 5.75. The minimum absolute atomic E-state index is 0.00496. The first-order chi connectivity index (χ1) is 6.57. The fraction of sp³-hybridized carbons (Fsp3) is 0.909. The summed E-state index contributed by atoms with van der Waals surface area (Å²) in [6.45, 7) is 5.75. The normalized spacial score (nSPS) is 14.9. The van der Waals surface area contributed by atoms with Gasteiger partial charge in [0.2, 0.25) is 0 Å². The van der Waals surface area contributed by atoms with Gasteiger partial charge in [0, 0.05) is 0 Å². The SMILES string of the molecule is CCCCCCC(C)OC(=O)C(C)N. The van der Waals surface area contributed by atoms with Crippen LogP contribution in [0.15, 0.2) is 0 Å². The van der Waals surface area contributed by atoms with Crippen LogP contribution in [0.4, 0.5) is 0 Å². The van der Waals surface area contributed by atoms with E-state index in [2.05, 4.69) is 6.92 Å². The Labute approximate surface area is 87.0 Å². The number of nitrogens with two attached hydrogens (primary N) is 1. The molecule has 0 rings (SSSR count). The van der Waals surface area contributed by atoms with E-state index in [1.165, 1.54) is 19.3 Å². The van der Waals surface area contributed by atoms with Gasteiger partial charge in [0.15, 0.2) is 0 Å². The van der Waals surface area contributed by atoms with Gasteiger partial charge in [0.1, 0.15) is 6.04 Å². The molecule has 0 saturated carbocycles. The Morgan fingerprint density at radius 1 is 1.29 bits per heavy atom. The molecular formula is C11H23NO2. The Balaban J connectivity index is 3.45. The number of carbonyl (C=O) groups is 1. The first-order valence-electron chi connectivity index (χ1n) is 5.54. The second kappa shape index (κ2) is 7.80. The standard InChI is InChI=1S/C11H23NO2/c1-4-5-6-7-8-9(2)14-11(13)10(3)12/h9-10H,4-8,12H2,1-3H3. The minimum atomic E-state index is -0.506. The van der Waals surface area contributed by atoms with E-state index in [0.29, 0.717) is 0 Å². The van der Waals surface area contributed by atoms with Crippen molar-refractivity contribution in [3.05, 3.63) is 0 Å². The first kappa shape index (κ1) is 13.4. The van der Waals surface area contributed by atoms with Gasteiger partial charge in [-0.15, -0.1) is 0 Å². The highest BCUT2D eigenvalue weighted by Crippen LogP contribution is 2.08. The van der Waals surface area contributed by atoms with E-state index in [4.69, 9.17) is 10.5 Å². The molecule has 0 saturated heterocycles. The summed E-state index contributed by atoms with van der Waals surface area (Å²) in [5, 5.41) is 0. The Bertz CT molecular complexity index is 157. The molecule has 2 atom stereocenters. The number of rotatable bonds is 7. The number of carbonyl (C=O) groups excluding carboxylic acids is 1. The van der Waals surface area contributed by atoms with E-state index in [-0.39, 0.29) is 12.1 Å². The maximum absolute atomic E-state index is 11.1. The van der Waals surface area contributed by atoms with Gasteiger partial charge >= 0.3 is 5.97 Å². The fourth-order valence-corrected chi connectivity index (χ4v) is 1.22. The number of hydrogen-bond donors (Lipinski definition) is 1. The molecule has 14 heavy (non-hydrogen) atoms. The lowest BCUT2D eigenvalue weighted by Gasteiger charge is -2.14. The third-order valence-corrected chi connectivity index (χ3v) is 2.15. The van der Waals surface area contributed by atoms with Crippen LogP contribution in [-0.4, -0.2) is 18.1 Å². The van der Waals surface area contributed by atoms with Crippen molar-refractivity contribution in [3.63, 3.8) is 0 Å². The second-order valence-electron chi connectivity index (χ2n) is 3.89. The van der Waals surface area contributed by atoms with Crippen molar-refractivity contribution in [2.75, 3.05) is 0 Å². The Morgan fingerprint density at radius 3 is 2.43 bits per heavy atom. The Hall–Kier alpha value is -0.570. The van der Waals surface area contributed by atoms with Gasteiger partial charge in [0.25, 0.3) is 0 Å². The van der Waals surface area contributed by atoms with Gasteiger partial charge in [0.05, 0.1) is 6.10 Å². The third-order valence-electron chi connectivity index (χ3n) is 2.15. The Kier molecular flexibility index (Phi) is 7.48. The highest BCUT2D eigenvalue weighted by atomic mass is 16.5. The molecule has 0 aromatic rings. The smallest absolute Gasteiger partial charge is 0.322 e. The van der Waals surface area contributed by atoms with E-state index in [1.54, 1.807) is 6.92 Å². The fourth-order valence-electron chi connectivity index (χ4n) is 1.22. The van der Waals surface area contributed by atoms with Crippen molar-refractivity contribution in [1.82, 2.24) is 0 Å². The monoisotopic (exact) mass is 201 g/mol. The molecule has 0 spiro atoms. The van der Waals surface area contributed by atoms with Gasteiger partial charge < -0.3 is 10.5 Å². The van der Waals surface area contributed by atoms with Crippen LogP contribution in [0.25, 0.3) is 0 Å². The summed E-state index contributed by atoms with van der Waals surface area (Å²) >= 11 is 0. The maximum atomic E-state index is 11.1. The van der Waals surface area contributed by atoms with E-state index in [1.807, 2.05) is 6.92 Å². The number of esters is 1. The molecule has 3 nitrogen and oxygen atoms in total. The zero-order valence-electron chi connectivity index (χ0n) is 9.58. The summed E-state index contributed by atoms with van der Waals surface area (Å²) in [5.41, 5.74) is 5.39. The lowest BCUT2D eigenvalue weighted by Crippen LogP contribution is -2.31.